The minimum absolute atomic E-state index is 0.116. The summed E-state index contributed by atoms with van der Waals surface area (Å²) in [7, 11) is 0. The number of rotatable bonds is 4. The van der Waals surface area contributed by atoms with Crippen LogP contribution >= 0.6 is 0 Å². The molecule has 0 spiro atoms. The van der Waals surface area contributed by atoms with Gasteiger partial charge in [-0.1, -0.05) is 62.4 Å². The Hall–Kier alpha value is -1.67. The molecule has 0 bridgehead atoms. The van der Waals surface area contributed by atoms with Gasteiger partial charge in [-0.25, -0.2) is 0 Å². The van der Waals surface area contributed by atoms with E-state index < -0.39 is 5.41 Å². The number of hydrogen-bond donors (Lipinski definition) is 1. The Labute approximate surface area is 115 Å². The first-order chi connectivity index (χ1) is 9.14. The summed E-state index contributed by atoms with van der Waals surface area (Å²) in [4.78, 5) is 12.8. The van der Waals surface area contributed by atoms with Gasteiger partial charge in [0.05, 0.1) is 5.41 Å². The third-order valence-electron chi connectivity index (χ3n) is 4.05. The van der Waals surface area contributed by atoms with Crippen LogP contribution in [0.15, 0.2) is 48.6 Å². The molecule has 0 heterocycles. The highest BCUT2D eigenvalue weighted by Gasteiger charge is 2.40. The second kappa shape index (κ2) is 5.54. The zero-order chi connectivity index (χ0) is 13.9. The van der Waals surface area contributed by atoms with Crippen molar-refractivity contribution in [3.05, 3.63) is 59.7 Å². The van der Waals surface area contributed by atoms with E-state index in [1.54, 1.807) is 0 Å². The second-order valence-electron chi connectivity index (χ2n) is 5.04. The summed E-state index contributed by atoms with van der Waals surface area (Å²) in [6, 6.07) is 7.62. The predicted molar refractivity (Wildman–Crippen MR) is 79.1 cm³/mol. The summed E-state index contributed by atoms with van der Waals surface area (Å²) < 4.78 is 0. The SMILES string of the molecule is CCc1ccc(C(=O)C2(CC)C=CC=CC2N)cc1. The summed E-state index contributed by atoms with van der Waals surface area (Å²) in [6.45, 7) is 4.12. The third-order valence-corrected chi connectivity index (χ3v) is 4.05. The Bertz CT molecular complexity index is 513. The van der Waals surface area contributed by atoms with Crippen LogP contribution in [0.5, 0.6) is 0 Å². The number of Topliss-reactive ketones (excluding diaryl/α,β-unsaturated/α-hetero) is 1. The van der Waals surface area contributed by atoms with Gasteiger partial charge in [-0.15, -0.1) is 0 Å². The average Bonchev–Trinajstić information content (AvgIpc) is 2.47. The number of allylic oxidation sites excluding steroid dienone is 2. The lowest BCUT2D eigenvalue weighted by Gasteiger charge is -2.34. The molecule has 1 aliphatic rings. The van der Waals surface area contributed by atoms with Gasteiger partial charge in [-0.05, 0) is 18.4 Å². The van der Waals surface area contributed by atoms with Crippen molar-refractivity contribution in [2.75, 3.05) is 0 Å². The molecule has 2 atom stereocenters. The largest absolute Gasteiger partial charge is 0.323 e. The molecule has 2 rings (SSSR count). The number of aryl methyl sites for hydroxylation is 1. The van der Waals surface area contributed by atoms with Crippen molar-refractivity contribution in [3.63, 3.8) is 0 Å². The minimum atomic E-state index is -0.595. The molecule has 0 saturated carbocycles. The van der Waals surface area contributed by atoms with Gasteiger partial charge in [0.15, 0.2) is 5.78 Å². The van der Waals surface area contributed by atoms with Crippen molar-refractivity contribution < 1.29 is 4.79 Å². The highest BCUT2D eigenvalue weighted by molar-refractivity contribution is 6.02. The Morgan fingerprint density at radius 2 is 1.89 bits per heavy atom. The molecule has 2 nitrogen and oxygen atoms in total. The fourth-order valence-electron chi connectivity index (χ4n) is 2.60. The molecule has 2 N–H and O–H groups in total. The molecule has 0 saturated heterocycles. The van der Waals surface area contributed by atoms with Gasteiger partial charge < -0.3 is 5.73 Å². The molecule has 0 aliphatic heterocycles. The molecule has 0 aromatic heterocycles. The van der Waals surface area contributed by atoms with Gasteiger partial charge in [0.1, 0.15) is 0 Å². The van der Waals surface area contributed by atoms with Crippen LogP contribution in [0.25, 0.3) is 0 Å². The molecule has 1 aromatic carbocycles. The van der Waals surface area contributed by atoms with Crippen LogP contribution in [0.3, 0.4) is 0 Å². The van der Waals surface area contributed by atoms with Gasteiger partial charge in [0.25, 0.3) is 0 Å². The van der Waals surface area contributed by atoms with Gasteiger partial charge in [-0.2, -0.15) is 0 Å². The van der Waals surface area contributed by atoms with Crippen molar-refractivity contribution in [1.29, 1.82) is 0 Å². The maximum Gasteiger partial charge on any atom is 0.174 e. The van der Waals surface area contributed by atoms with Crippen LogP contribution in [-0.4, -0.2) is 11.8 Å². The van der Waals surface area contributed by atoms with E-state index in [9.17, 15) is 4.79 Å². The number of nitrogens with two attached hydrogens (primary N) is 1. The second-order valence-corrected chi connectivity index (χ2v) is 5.04. The van der Waals surface area contributed by atoms with E-state index >= 15 is 0 Å². The number of carbonyl (C=O) groups excluding carboxylic acids is 1. The van der Waals surface area contributed by atoms with Crippen LogP contribution in [-0.2, 0) is 6.42 Å². The van der Waals surface area contributed by atoms with E-state index in [1.807, 2.05) is 55.5 Å². The number of carbonyl (C=O) groups is 1. The lowest BCUT2D eigenvalue weighted by molar-refractivity contribution is 0.0829. The Morgan fingerprint density at radius 3 is 2.42 bits per heavy atom. The average molecular weight is 255 g/mol. The molecular weight excluding hydrogens is 234 g/mol. The van der Waals surface area contributed by atoms with Gasteiger partial charge in [0.2, 0.25) is 0 Å². The maximum atomic E-state index is 12.8. The van der Waals surface area contributed by atoms with Crippen LogP contribution in [0.1, 0.15) is 36.2 Å². The fraction of sp³-hybridized carbons (Fsp3) is 0.353. The Morgan fingerprint density at radius 1 is 1.21 bits per heavy atom. The monoisotopic (exact) mass is 255 g/mol. The number of ketones is 1. The van der Waals surface area contributed by atoms with Crippen LogP contribution in [0.4, 0.5) is 0 Å². The van der Waals surface area contributed by atoms with Crippen molar-refractivity contribution in [3.8, 4) is 0 Å². The third kappa shape index (κ3) is 2.41. The molecule has 0 fully saturated rings. The van der Waals surface area contributed by atoms with E-state index in [4.69, 9.17) is 5.73 Å². The summed E-state index contributed by atoms with van der Waals surface area (Å²) in [5, 5.41) is 0. The molecule has 2 heteroatoms. The molecule has 1 aromatic rings. The molecule has 100 valence electrons. The van der Waals surface area contributed by atoms with Gasteiger partial charge in [-0.3, -0.25) is 4.79 Å². The predicted octanol–water partition coefficient (Wildman–Crippen LogP) is 3.28. The van der Waals surface area contributed by atoms with Gasteiger partial charge in [0, 0.05) is 11.6 Å². The quantitative estimate of drug-likeness (QED) is 0.839. The summed E-state index contributed by atoms with van der Waals surface area (Å²) in [5.74, 6) is 0.116. The number of hydrogen-bond acceptors (Lipinski definition) is 2. The van der Waals surface area contributed by atoms with E-state index in [1.165, 1.54) is 5.56 Å². The Balaban J connectivity index is 2.35. The zero-order valence-corrected chi connectivity index (χ0v) is 11.6. The molecular formula is C17H21NO. The first kappa shape index (κ1) is 13.8. The molecule has 0 amide bonds. The normalized spacial score (nSPS) is 25.5. The Kier molecular flexibility index (Phi) is 4.01. The molecule has 19 heavy (non-hydrogen) atoms. The first-order valence-electron chi connectivity index (χ1n) is 6.89. The first-order valence-corrected chi connectivity index (χ1v) is 6.89. The number of benzene rings is 1. The smallest absolute Gasteiger partial charge is 0.174 e. The maximum absolute atomic E-state index is 12.8. The van der Waals surface area contributed by atoms with E-state index in [0.717, 1.165) is 12.0 Å². The molecule has 0 radical (unpaired) electrons. The topological polar surface area (TPSA) is 43.1 Å². The van der Waals surface area contributed by atoms with E-state index in [2.05, 4.69) is 6.92 Å². The van der Waals surface area contributed by atoms with Crippen molar-refractivity contribution in [2.24, 2.45) is 11.1 Å². The standard InChI is InChI=1S/C17H21NO/c1-3-13-8-10-14(11-9-13)16(19)17(4-2)12-6-5-7-15(17)18/h5-12,15H,3-4,18H2,1-2H3. The van der Waals surface area contributed by atoms with Gasteiger partial charge >= 0.3 is 0 Å². The highest BCUT2D eigenvalue weighted by Crippen LogP contribution is 2.34. The summed E-state index contributed by atoms with van der Waals surface area (Å²) in [5.41, 5.74) is 7.55. The van der Waals surface area contributed by atoms with Crippen molar-refractivity contribution >= 4 is 5.78 Å². The summed E-state index contributed by atoms with van der Waals surface area (Å²) in [6.07, 6.45) is 9.38. The van der Waals surface area contributed by atoms with Crippen LogP contribution in [0.2, 0.25) is 0 Å². The van der Waals surface area contributed by atoms with E-state index in [-0.39, 0.29) is 11.8 Å². The summed E-state index contributed by atoms with van der Waals surface area (Å²) >= 11 is 0. The zero-order valence-electron chi connectivity index (χ0n) is 11.6. The lowest BCUT2D eigenvalue weighted by Crippen LogP contribution is -2.45. The molecule has 2 unspecified atom stereocenters. The van der Waals surface area contributed by atoms with Crippen molar-refractivity contribution in [1.82, 2.24) is 0 Å². The minimum Gasteiger partial charge on any atom is -0.323 e. The van der Waals surface area contributed by atoms with Crippen LogP contribution < -0.4 is 5.73 Å². The van der Waals surface area contributed by atoms with E-state index in [0.29, 0.717) is 6.42 Å². The van der Waals surface area contributed by atoms with Crippen LogP contribution in [0, 0.1) is 5.41 Å². The van der Waals surface area contributed by atoms with Crippen molar-refractivity contribution in [2.45, 2.75) is 32.7 Å². The fourth-order valence-corrected chi connectivity index (χ4v) is 2.60. The highest BCUT2D eigenvalue weighted by atomic mass is 16.1. The lowest BCUT2D eigenvalue weighted by atomic mass is 9.70. The molecule has 1 aliphatic carbocycles.